The summed E-state index contributed by atoms with van der Waals surface area (Å²) in [6.45, 7) is 4.60. The molecule has 1 heterocycles. The van der Waals surface area contributed by atoms with Crippen LogP contribution >= 0.6 is 0 Å². The maximum absolute atomic E-state index is 5.58. The number of rotatable bonds is 3. The number of nitrogens with two attached hydrogens (primary N) is 1. The molecule has 1 rings (SSSR count). The topological polar surface area (TPSA) is 48.1 Å². The number of hydrogen-bond donors (Lipinski definition) is 1. The van der Waals surface area contributed by atoms with Crippen molar-refractivity contribution >= 4 is 0 Å². The van der Waals surface area contributed by atoms with Crippen molar-refractivity contribution in [2.45, 2.75) is 19.8 Å². The molecule has 13 heavy (non-hydrogen) atoms. The molecule has 0 saturated heterocycles. The van der Waals surface area contributed by atoms with Crippen molar-refractivity contribution < 1.29 is 4.74 Å². The third kappa shape index (κ3) is 2.18. The smallest absolute Gasteiger partial charge is 0.140 e. The average Bonchev–Trinajstić information content (AvgIpc) is 2.16. The molecule has 1 aromatic heterocycles. The van der Waals surface area contributed by atoms with Gasteiger partial charge in [0, 0.05) is 18.2 Å². The molecule has 0 amide bonds. The Morgan fingerprint density at radius 1 is 1.54 bits per heavy atom. The Kier molecular flexibility index (Phi) is 3.25. The Balaban J connectivity index is 3.07. The van der Waals surface area contributed by atoms with Crippen LogP contribution in [0.1, 0.15) is 24.2 Å². The van der Waals surface area contributed by atoms with Crippen LogP contribution in [0.5, 0.6) is 5.75 Å². The van der Waals surface area contributed by atoms with Crippen molar-refractivity contribution in [2.24, 2.45) is 5.73 Å². The lowest BCUT2D eigenvalue weighted by Gasteiger charge is -2.12. The van der Waals surface area contributed by atoms with Crippen molar-refractivity contribution in [2.75, 3.05) is 13.7 Å². The summed E-state index contributed by atoms with van der Waals surface area (Å²) in [6, 6.07) is 3.87. The molecule has 0 bridgehead atoms. The van der Waals surface area contributed by atoms with E-state index in [1.165, 1.54) is 0 Å². The van der Waals surface area contributed by atoms with Crippen LogP contribution in [0, 0.1) is 6.92 Å². The number of ether oxygens (including phenoxy) is 1. The normalized spacial score (nSPS) is 12.6. The lowest BCUT2D eigenvalue weighted by molar-refractivity contribution is 0.403. The highest BCUT2D eigenvalue weighted by molar-refractivity contribution is 5.31. The quantitative estimate of drug-likeness (QED) is 0.766. The van der Waals surface area contributed by atoms with Crippen LogP contribution < -0.4 is 10.5 Å². The molecule has 1 aromatic rings. The molecule has 72 valence electrons. The molecule has 0 aliphatic rings. The third-order valence-corrected chi connectivity index (χ3v) is 2.07. The van der Waals surface area contributed by atoms with Gasteiger partial charge < -0.3 is 10.5 Å². The summed E-state index contributed by atoms with van der Waals surface area (Å²) < 4.78 is 5.21. The predicted molar refractivity (Wildman–Crippen MR) is 53.0 cm³/mol. The van der Waals surface area contributed by atoms with Crippen LogP contribution in [0.15, 0.2) is 12.1 Å². The molecule has 0 radical (unpaired) electrons. The second kappa shape index (κ2) is 4.23. The SMILES string of the molecule is COc1ccc(C)nc1C(C)CN. The first-order chi connectivity index (χ1) is 6.19. The number of aromatic nitrogens is 1. The maximum Gasteiger partial charge on any atom is 0.140 e. The zero-order chi connectivity index (χ0) is 9.84. The second-order valence-corrected chi connectivity index (χ2v) is 3.18. The van der Waals surface area contributed by atoms with Gasteiger partial charge in [-0.15, -0.1) is 0 Å². The Bertz CT molecular complexity index is 286. The fraction of sp³-hybridized carbons (Fsp3) is 0.500. The van der Waals surface area contributed by atoms with E-state index in [1.54, 1.807) is 7.11 Å². The minimum absolute atomic E-state index is 0.245. The minimum Gasteiger partial charge on any atom is -0.495 e. The van der Waals surface area contributed by atoms with Gasteiger partial charge in [-0.2, -0.15) is 0 Å². The van der Waals surface area contributed by atoms with E-state index in [9.17, 15) is 0 Å². The molecule has 0 aromatic carbocycles. The van der Waals surface area contributed by atoms with Gasteiger partial charge >= 0.3 is 0 Å². The Morgan fingerprint density at radius 3 is 2.77 bits per heavy atom. The van der Waals surface area contributed by atoms with Gasteiger partial charge in [0.15, 0.2) is 0 Å². The molecular weight excluding hydrogens is 164 g/mol. The Hall–Kier alpha value is -1.09. The van der Waals surface area contributed by atoms with E-state index < -0.39 is 0 Å². The summed E-state index contributed by atoms with van der Waals surface area (Å²) in [4.78, 5) is 4.41. The van der Waals surface area contributed by atoms with Crippen molar-refractivity contribution in [3.8, 4) is 5.75 Å². The first-order valence-electron chi connectivity index (χ1n) is 4.40. The highest BCUT2D eigenvalue weighted by Crippen LogP contribution is 2.23. The molecule has 1 unspecified atom stereocenters. The predicted octanol–water partition coefficient (Wildman–Crippen LogP) is 1.46. The van der Waals surface area contributed by atoms with Gasteiger partial charge in [-0.25, -0.2) is 0 Å². The molecule has 2 N–H and O–H groups in total. The highest BCUT2D eigenvalue weighted by Gasteiger charge is 2.11. The molecule has 3 nitrogen and oxygen atoms in total. The zero-order valence-electron chi connectivity index (χ0n) is 8.37. The van der Waals surface area contributed by atoms with E-state index in [0.717, 1.165) is 17.1 Å². The third-order valence-electron chi connectivity index (χ3n) is 2.07. The Labute approximate surface area is 78.9 Å². The van der Waals surface area contributed by atoms with E-state index >= 15 is 0 Å². The maximum atomic E-state index is 5.58. The van der Waals surface area contributed by atoms with Crippen LogP contribution in [0.25, 0.3) is 0 Å². The van der Waals surface area contributed by atoms with Crippen LogP contribution in [-0.4, -0.2) is 18.6 Å². The van der Waals surface area contributed by atoms with Gasteiger partial charge in [-0.05, 0) is 19.1 Å². The summed E-state index contributed by atoms with van der Waals surface area (Å²) in [7, 11) is 1.65. The van der Waals surface area contributed by atoms with Gasteiger partial charge in [0.05, 0.1) is 12.8 Å². The summed E-state index contributed by atoms with van der Waals surface area (Å²) in [5.74, 6) is 1.07. The summed E-state index contributed by atoms with van der Waals surface area (Å²) in [5, 5.41) is 0. The monoisotopic (exact) mass is 180 g/mol. The molecule has 1 atom stereocenters. The van der Waals surface area contributed by atoms with E-state index in [-0.39, 0.29) is 5.92 Å². The molecule has 0 fully saturated rings. The summed E-state index contributed by atoms with van der Waals surface area (Å²) in [6.07, 6.45) is 0. The Morgan fingerprint density at radius 2 is 2.23 bits per heavy atom. The van der Waals surface area contributed by atoms with E-state index in [0.29, 0.717) is 6.54 Å². The number of methoxy groups -OCH3 is 1. The first kappa shape index (κ1) is 9.99. The van der Waals surface area contributed by atoms with Gasteiger partial charge in [0.1, 0.15) is 5.75 Å². The lowest BCUT2D eigenvalue weighted by atomic mass is 10.1. The molecular formula is C10H16N2O. The van der Waals surface area contributed by atoms with Crippen molar-refractivity contribution in [1.82, 2.24) is 4.98 Å². The fourth-order valence-electron chi connectivity index (χ4n) is 1.20. The molecule has 0 spiro atoms. The number of pyridine rings is 1. The second-order valence-electron chi connectivity index (χ2n) is 3.18. The lowest BCUT2D eigenvalue weighted by Crippen LogP contribution is -2.12. The van der Waals surface area contributed by atoms with Crippen LogP contribution in [0.3, 0.4) is 0 Å². The first-order valence-corrected chi connectivity index (χ1v) is 4.40. The zero-order valence-corrected chi connectivity index (χ0v) is 8.37. The minimum atomic E-state index is 0.245. The summed E-state index contributed by atoms with van der Waals surface area (Å²) in [5.41, 5.74) is 7.53. The number of aryl methyl sites for hydroxylation is 1. The van der Waals surface area contributed by atoms with Crippen molar-refractivity contribution in [3.05, 3.63) is 23.5 Å². The van der Waals surface area contributed by atoms with Gasteiger partial charge in [-0.3, -0.25) is 4.98 Å². The number of nitrogens with zero attached hydrogens (tertiary/aromatic N) is 1. The average molecular weight is 180 g/mol. The van der Waals surface area contributed by atoms with Crippen LogP contribution in [-0.2, 0) is 0 Å². The van der Waals surface area contributed by atoms with Gasteiger partial charge in [-0.1, -0.05) is 6.92 Å². The molecule has 0 aliphatic heterocycles. The highest BCUT2D eigenvalue weighted by atomic mass is 16.5. The van der Waals surface area contributed by atoms with E-state index in [4.69, 9.17) is 10.5 Å². The molecule has 0 saturated carbocycles. The van der Waals surface area contributed by atoms with Crippen LogP contribution in [0.2, 0.25) is 0 Å². The van der Waals surface area contributed by atoms with Crippen LogP contribution in [0.4, 0.5) is 0 Å². The fourth-order valence-corrected chi connectivity index (χ4v) is 1.20. The van der Waals surface area contributed by atoms with Crippen molar-refractivity contribution in [1.29, 1.82) is 0 Å². The van der Waals surface area contributed by atoms with Gasteiger partial charge in [0.2, 0.25) is 0 Å². The summed E-state index contributed by atoms with van der Waals surface area (Å²) >= 11 is 0. The van der Waals surface area contributed by atoms with E-state index in [1.807, 2.05) is 26.0 Å². The molecule has 3 heteroatoms. The van der Waals surface area contributed by atoms with E-state index in [2.05, 4.69) is 4.98 Å². The number of hydrogen-bond acceptors (Lipinski definition) is 3. The standard InChI is InChI=1S/C10H16N2O/c1-7(6-11)10-9(13-3)5-4-8(2)12-10/h4-5,7H,6,11H2,1-3H3. The largest absolute Gasteiger partial charge is 0.495 e. The molecule has 0 aliphatic carbocycles. The van der Waals surface area contributed by atoms with Gasteiger partial charge in [0.25, 0.3) is 0 Å². The van der Waals surface area contributed by atoms with Crippen molar-refractivity contribution in [3.63, 3.8) is 0 Å².